The minimum atomic E-state index is -0.806. The van der Waals surface area contributed by atoms with Crippen molar-refractivity contribution in [2.24, 2.45) is 5.41 Å². The molecule has 1 aromatic heterocycles. The molecule has 0 aliphatic heterocycles. The summed E-state index contributed by atoms with van der Waals surface area (Å²) in [6, 6.07) is 5.89. The maximum Gasteiger partial charge on any atom is 0.243 e. The van der Waals surface area contributed by atoms with Gasteiger partial charge in [0.2, 0.25) is 5.91 Å². The molecular weight excluding hydrogens is 228 g/mol. The van der Waals surface area contributed by atoms with Gasteiger partial charge in [-0.05, 0) is 25.0 Å². The third kappa shape index (κ3) is 2.40. The summed E-state index contributed by atoms with van der Waals surface area (Å²) in [5, 5.41) is 9.37. The van der Waals surface area contributed by atoms with Gasteiger partial charge >= 0.3 is 0 Å². The van der Waals surface area contributed by atoms with E-state index in [2.05, 4.69) is 6.07 Å². The molecule has 1 aliphatic carbocycles. The molecule has 1 aromatic rings. The van der Waals surface area contributed by atoms with Gasteiger partial charge in [-0.3, -0.25) is 4.79 Å². The fourth-order valence-electron chi connectivity index (χ4n) is 2.60. The summed E-state index contributed by atoms with van der Waals surface area (Å²) in [6.45, 7) is 0.426. The lowest BCUT2D eigenvalue weighted by atomic mass is 9.74. The number of carbonyl (C=O) groups excluding carboxylic acids is 1. The molecule has 0 saturated heterocycles. The highest BCUT2D eigenvalue weighted by atomic mass is 16.3. The first-order chi connectivity index (χ1) is 8.68. The SMILES string of the molecule is CN(Cc1ccco1)C(=O)C1(C#N)CCCCC1. The van der Waals surface area contributed by atoms with Crippen LogP contribution < -0.4 is 0 Å². The maximum atomic E-state index is 12.4. The van der Waals surface area contributed by atoms with Crippen LogP contribution in [-0.2, 0) is 11.3 Å². The zero-order chi connectivity index (χ0) is 13.0. The van der Waals surface area contributed by atoms with Crippen LogP contribution in [0, 0.1) is 16.7 Å². The summed E-state index contributed by atoms with van der Waals surface area (Å²) >= 11 is 0. The molecule has 0 spiro atoms. The van der Waals surface area contributed by atoms with Crippen LogP contribution in [0.3, 0.4) is 0 Å². The van der Waals surface area contributed by atoms with Crippen molar-refractivity contribution in [3.8, 4) is 6.07 Å². The normalized spacial score (nSPS) is 18.0. The van der Waals surface area contributed by atoms with Gasteiger partial charge in [0.1, 0.15) is 11.2 Å². The molecule has 1 heterocycles. The monoisotopic (exact) mass is 246 g/mol. The highest BCUT2D eigenvalue weighted by molar-refractivity contribution is 5.85. The molecule has 1 saturated carbocycles. The van der Waals surface area contributed by atoms with Crippen LogP contribution in [0.2, 0.25) is 0 Å². The van der Waals surface area contributed by atoms with Crippen molar-refractivity contribution in [1.82, 2.24) is 4.90 Å². The zero-order valence-corrected chi connectivity index (χ0v) is 10.7. The molecule has 0 bridgehead atoms. The quantitative estimate of drug-likeness (QED) is 0.824. The average Bonchev–Trinajstić information content (AvgIpc) is 2.91. The van der Waals surface area contributed by atoms with E-state index in [1.807, 2.05) is 6.07 Å². The van der Waals surface area contributed by atoms with Gasteiger partial charge in [0.05, 0.1) is 18.9 Å². The maximum absolute atomic E-state index is 12.4. The van der Waals surface area contributed by atoms with E-state index in [1.54, 1.807) is 24.3 Å². The predicted molar refractivity (Wildman–Crippen MR) is 66.3 cm³/mol. The van der Waals surface area contributed by atoms with Gasteiger partial charge in [-0.25, -0.2) is 0 Å². The third-order valence-corrected chi connectivity index (χ3v) is 3.65. The topological polar surface area (TPSA) is 57.2 Å². The average molecular weight is 246 g/mol. The van der Waals surface area contributed by atoms with Crippen molar-refractivity contribution in [2.75, 3.05) is 7.05 Å². The van der Waals surface area contributed by atoms with Crippen molar-refractivity contribution in [3.63, 3.8) is 0 Å². The van der Waals surface area contributed by atoms with Gasteiger partial charge in [0.15, 0.2) is 0 Å². The number of nitrogens with zero attached hydrogens (tertiary/aromatic N) is 2. The van der Waals surface area contributed by atoms with E-state index in [-0.39, 0.29) is 5.91 Å². The Bertz CT molecular complexity index is 439. The Balaban J connectivity index is 2.07. The van der Waals surface area contributed by atoms with E-state index in [0.29, 0.717) is 19.4 Å². The highest BCUT2D eigenvalue weighted by Gasteiger charge is 2.41. The number of hydrogen-bond donors (Lipinski definition) is 0. The predicted octanol–water partition coefficient (Wildman–Crippen LogP) is 2.71. The van der Waals surface area contributed by atoms with Crippen molar-refractivity contribution >= 4 is 5.91 Å². The second-order valence-corrected chi connectivity index (χ2v) is 5.00. The van der Waals surface area contributed by atoms with Gasteiger partial charge in [-0.1, -0.05) is 19.3 Å². The van der Waals surface area contributed by atoms with Gasteiger partial charge in [0.25, 0.3) is 0 Å². The van der Waals surface area contributed by atoms with Crippen LogP contribution in [0.15, 0.2) is 22.8 Å². The first-order valence-corrected chi connectivity index (χ1v) is 6.37. The largest absolute Gasteiger partial charge is 0.467 e. The molecule has 4 nitrogen and oxygen atoms in total. The Morgan fingerprint density at radius 2 is 2.22 bits per heavy atom. The Morgan fingerprint density at radius 3 is 2.78 bits per heavy atom. The van der Waals surface area contributed by atoms with Crippen molar-refractivity contribution in [2.45, 2.75) is 38.6 Å². The number of hydrogen-bond acceptors (Lipinski definition) is 3. The Morgan fingerprint density at radius 1 is 1.50 bits per heavy atom. The van der Waals surface area contributed by atoms with Crippen molar-refractivity contribution < 1.29 is 9.21 Å². The molecule has 0 atom stereocenters. The fraction of sp³-hybridized carbons (Fsp3) is 0.571. The summed E-state index contributed by atoms with van der Waals surface area (Å²) < 4.78 is 5.23. The lowest BCUT2D eigenvalue weighted by molar-refractivity contribution is -0.140. The minimum absolute atomic E-state index is 0.0684. The van der Waals surface area contributed by atoms with E-state index < -0.39 is 5.41 Å². The Hall–Kier alpha value is -1.76. The van der Waals surface area contributed by atoms with Gasteiger partial charge in [0, 0.05) is 7.05 Å². The number of amides is 1. The summed E-state index contributed by atoms with van der Waals surface area (Å²) in [5.74, 6) is 0.677. The molecule has 1 amide bonds. The molecule has 18 heavy (non-hydrogen) atoms. The fourth-order valence-corrected chi connectivity index (χ4v) is 2.60. The van der Waals surface area contributed by atoms with Crippen molar-refractivity contribution in [1.29, 1.82) is 5.26 Å². The first kappa shape index (κ1) is 12.7. The molecule has 96 valence electrons. The van der Waals surface area contributed by atoms with E-state index >= 15 is 0 Å². The molecule has 0 unspecified atom stereocenters. The zero-order valence-electron chi connectivity index (χ0n) is 10.7. The van der Waals surface area contributed by atoms with E-state index in [0.717, 1.165) is 25.0 Å². The Kier molecular flexibility index (Phi) is 3.71. The van der Waals surface area contributed by atoms with Crippen LogP contribution in [0.1, 0.15) is 37.9 Å². The summed E-state index contributed by atoms with van der Waals surface area (Å²) in [6.07, 6.45) is 6.02. The van der Waals surface area contributed by atoms with E-state index in [4.69, 9.17) is 4.42 Å². The molecular formula is C14H18N2O2. The van der Waals surface area contributed by atoms with E-state index in [9.17, 15) is 10.1 Å². The minimum Gasteiger partial charge on any atom is -0.467 e. The lowest BCUT2D eigenvalue weighted by Gasteiger charge is -2.32. The molecule has 2 rings (SSSR count). The summed E-state index contributed by atoms with van der Waals surface area (Å²) in [5.41, 5.74) is -0.806. The number of rotatable bonds is 3. The molecule has 4 heteroatoms. The lowest BCUT2D eigenvalue weighted by Crippen LogP contribution is -2.42. The van der Waals surface area contributed by atoms with Crippen LogP contribution in [0.25, 0.3) is 0 Å². The van der Waals surface area contributed by atoms with Crippen LogP contribution in [0.4, 0.5) is 0 Å². The van der Waals surface area contributed by atoms with Gasteiger partial charge < -0.3 is 9.32 Å². The number of nitriles is 1. The molecule has 0 aromatic carbocycles. The highest BCUT2D eigenvalue weighted by Crippen LogP contribution is 2.37. The van der Waals surface area contributed by atoms with Gasteiger partial charge in [-0.15, -0.1) is 0 Å². The number of carbonyl (C=O) groups is 1. The smallest absolute Gasteiger partial charge is 0.243 e. The molecule has 0 radical (unpaired) electrons. The van der Waals surface area contributed by atoms with Crippen LogP contribution in [-0.4, -0.2) is 17.9 Å². The van der Waals surface area contributed by atoms with Crippen LogP contribution in [0.5, 0.6) is 0 Å². The first-order valence-electron chi connectivity index (χ1n) is 6.37. The third-order valence-electron chi connectivity index (χ3n) is 3.65. The molecule has 0 N–H and O–H groups in total. The molecule has 1 fully saturated rings. The van der Waals surface area contributed by atoms with Gasteiger partial charge in [-0.2, -0.15) is 5.26 Å². The van der Waals surface area contributed by atoms with Crippen molar-refractivity contribution in [3.05, 3.63) is 24.2 Å². The second kappa shape index (κ2) is 5.26. The summed E-state index contributed by atoms with van der Waals surface area (Å²) in [4.78, 5) is 14.0. The second-order valence-electron chi connectivity index (χ2n) is 5.00. The van der Waals surface area contributed by atoms with Crippen LogP contribution >= 0.6 is 0 Å². The Labute approximate surface area is 107 Å². The summed E-state index contributed by atoms with van der Waals surface area (Å²) in [7, 11) is 1.73. The van der Waals surface area contributed by atoms with E-state index in [1.165, 1.54) is 0 Å². The number of furan rings is 1. The molecule has 1 aliphatic rings. The standard InChI is InChI=1S/C14H18N2O2/c1-16(10-12-6-5-9-18-12)13(17)14(11-15)7-3-2-4-8-14/h5-6,9H,2-4,7-8,10H2,1H3.